The molecule has 0 aliphatic heterocycles. The molecule has 0 spiro atoms. The molecule has 0 amide bonds. The van der Waals surface area contributed by atoms with Crippen molar-refractivity contribution in [2.24, 2.45) is 53.3 Å². The van der Waals surface area contributed by atoms with Gasteiger partial charge in [0.15, 0.2) is 0 Å². The Morgan fingerprint density at radius 3 is 0.554 bits per heavy atom. The third-order valence-electron chi connectivity index (χ3n) is 29.1. The molecule has 0 radical (unpaired) electrons. The zero-order chi connectivity index (χ0) is 88.4. The van der Waals surface area contributed by atoms with E-state index in [0.29, 0.717) is 36.0 Å². The van der Waals surface area contributed by atoms with E-state index in [1.165, 1.54) is 494 Å². The van der Waals surface area contributed by atoms with Crippen molar-refractivity contribution in [3.8, 4) is 0 Å². The lowest BCUT2D eigenvalue weighted by Crippen LogP contribution is -2.31. The van der Waals surface area contributed by atoms with Crippen LogP contribution in [-0.4, -0.2) is 37.4 Å². The van der Waals surface area contributed by atoms with Gasteiger partial charge in [-0.05, 0) is 118 Å². The third-order valence-corrected chi connectivity index (χ3v) is 29.1. The van der Waals surface area contributed by atoms with E-state index >= 15 is 0 Å². The minimum atomic E-state index is -0.259. The molecule has 5 nitrogen and oxygen atoms in total. The predicted octanol–water partition coefficient (Wildman–Crippen LogP) is 41.0. The van der Waals surface area contributed by atoms with Crippen LogP contribution in [0.2, 0.25) is 0 Å². The van der Waals surface area contributed by atoms with Crippen molar-refractivity contribution >= 4 is 11.9 Å². The molecule has 0 aliphatic rings. The standard InChI is InChI=1S/C116H230O5/c1-15-19-22-25-28-31-34-37-40-43-46-49-51-53-55-57-60-62-65-68-71-74-77-80-83-86-91-103(5)96-105(7)98-107(9)100-110(12)115(117)120-112(94-88-85-82-79-76-73-70-67-64-59-48-45-42-39-36-33-30-27-24-21-17-3)102-113(95-90-89-93-109(11)114(18-4)119-14)121-116(118)111(13)101-108(10)99-106(8)97-104(6)92-87-84-81-78-75-72-69-66-63-61-58-56-54-52-50-47-44-41-38-35-32-29-26-23-20-16-2/h103-114H,15-102H2,1-14H3/t103-,104-,105-,106-,107-,108-,109+,110-,111-,112-,113-,114-/m1/s1. The first-order chi connectivity index (χ1) is 59.1. The highest BCUT2D eigenvalue weighted by Crippen LogP contribution is 2.33. The summed E-state index contributed by atoms with van der Waals surface area (Å²) < 4.78 is 19.3. The summed E-state index contributed by atoms with van der Waals surface area (Å²) in [6.07, 6.45) is 120. The largest absolute Gasteiger partial charge is 0.462 e. The molecule has 0 aromatic carbocycles. The lowest BCUT2D eigenvalue weighted by molar-refractivity contribution is -0.161. The fraction of sp³-hybridized carbons (Fsp3) is 0.983. The normalized spacial score (nSPS) is 15.0. The highest BCUT2D eigenvalue weighted by molar-refractivity contribution is 5.72. The molecule has 0 fully saturated rings. The molecule has 0 heterocycles. The number of rotatable bonds is 102. The summed E-state index contributed by atoms with van der Waals surface area (Å²) in [6.45, 7) is 30.4. The van der Waals surface area contributed by atoms with Crippen molar-refractivity contribution in [2.75, 3.05) is 7.11 Å². The summed E-state index contributed by atoms with van der Waals surface area (Å²) in [4.78, 5) is 28.9. The zero-order valence-electron chi connectivity index (χ0n) is 86.2. The number of carbonyl (C=O) groups is 2. The quantitative estimate of drug-likeness (QED) is 0.0449. The fourth-order valence-electron chi connectivity index (χ4n) is 21.3. The molecule has 0 aromatic rings. The number of esters is 2. The van der Waals surface area contributed by atoms with E-state index in [4.69, 9.17) is 14.2 Å². The Hall–Kier alpha value is -1.10. The number of unbranched alkanes of at least 4 members (excludes halogenated alkanes) is 71. The van der Waals surface area contributed by atoms with Gasteiger partial charge in [0, 0.05) is 13.5 Å². The van der Waals surface area contributed by atoms with Gasteiger partial charge in [0.05, 0.1) is 17.9 Å². The highest BCUT2D eigenvalue weighted by atomic mass is 16.6. The molecule has 0 bridgehead atoms. The Morgan fingerprint density at radius 1 is 0.190 bits per heavy atom. The minimum Gasteiger partial charge on any atom is -0.462 e. The van der Waals surface area contributed by atoms with Gasteiger partial charge in [-0.25, -0.2) is 0 Å². The first kappa shape index (κ1) is 120. The van der Waals surface area contributed by atoms with Gasteiger partial charge in [0.1, 0.15) is 12.2 Å². The van der Waals surface area contributed by atoms with Crippen LogP contribution in [0.5, 0.6) is 0 Å². The molecular formula is C116H230O5. The first-order valence-electron chi connectivity index (χ1n) is 57.0. The lowest BCUT2D eigenvalue weighted by atomic mass is 9.84. The molecule has 0 rings (SSSR count). The van der Waals surface area contributed by atoms with E-state index in [9.17, 15) is 9.59 Å². The van der Waals surface area contributed by atoms with Crippen LogP contribution < -0.4 is 0 Å². The second-order valence-electron chi connectivity index (χ2n) is 42.8. The molecule has 0 aliphatic carbocycles. The second kappa shape index (κ2) is 95.0. The van der Waals surface area contributed by atoms with Crippen LogP contribution in [0.25, 0.3) is 0 Å². The predicted molar refractivity (Wildman–Crippen MR) is 542 cm³/mol. The fourth-order valence-corrected chi connectivity index (χ4v) is 21.3. The van der Waals surface area contributed by atoms with Crippen LogP contribution in [0, 0.1) is 53.3 Å². The SMILES string of the molecule is CCCCCCCCCCCCCCCCCCCCCCCCCCCC[C@@H](C)C[C@@H](C)C[C@@H](C)C[C@@H](C)C(=O)O[C@H](CCCCCCCCCCCCCCCCCCCCCCC)C[C@@H](CCCC[C@H](C)[C@@H](CC)OC)OC(=O)[C@H](C)C[C@H](C)C[C@H](C)C[C@H](C)CCCCCCCCCCCCCCCCCCCCCCCCCCCC. The Morgan fingerprint density at radius 2 is 0.355 bits per heavy atom. The van der Waals surface area contributed by atoms with Crippen molar-refractivity contribution in [1.82, 2.24) is 0 Å². The number of methoxy groups -OCH3 is 1. The van der Waals surface area contributed by atoms with Crippen molar-refractivity contribution in [1.29, 1.82) is 0 Å². The molecule has 12 atom stereocenters. The maximum atomic E-state index is 14.5. The Balaban J connectivity index is 5.23. The monoisotopic (exact) mass is 1700 g/mol. The molecule has 0 saturated heterocycles. The topological polar surface area (TPSA) is 61.8 Å². The summed E-state index contributed by atoms with van der Waals surface area (Å²) in [5.74, 6) is 3.81. The highest BCUT2D eigenvalue weighted by Gasteiger charge is 2.29. The van der Waals surface area contributed by atoms with Crippen LogP contribution in [0.3, 0.4) is 0 Å². The van der Waals surface area contributed by atoms with E-state index in [1.54, 1.807) is 0 Å². The lowest BCUT2D eigenvalue weighted by Gasteiger charge is -2.28. The smallest absolute Gasteiger partial charge is 0.308 e. The van der Waals surface area contributed by atoms with Gasteiger partial charge in [-0.3, -0.25) is 9.59 Å². The molecular weight excluding hydrogens is 1470 g/mol. The Bertz CT molecular complexity index is 2000. The van der Waals surface area contributed by atoms with E-state index < -0.39 is 0 Å². The third kappa shape index (κ3) is 86.7. The Kier molecular flexibility index (Phi) is 94.1. The molecule has 0 saturated carbocycles. The number of hydrogen-bond acceptors (Lipinski definition) is 5. The average Bonchev–Trinajstić information content (AvgIpc) is 0.885. The molecule has 0 aromatic heterocycles. The van der Waals surface area contributed by atoms with E-state index in [1.807, 2.05) is 7.11 Å². The van der Waals surface area contributed by atoms with Gasteiger partial charge < -0.3 is 14.2 Å². The summed E-state index contributed by atoms with van der Waals surface area (Å²) in [6, 6.07) is 0. The van der Waals surface area contributed by atoms with Crippen LogP contribution in [0.1, 0.15) is 655 Å². The van der Waals surface area contributed by atoms with Crippen molar-refractivity contribution < 1.29 is 23.8 Å². The van der Waals surface area contributed by atoms with Gasteiger partial charge in [0.25, 0.3) is 0 Å². The van der Waals surface area contributed by atoms with E-state index in [-0.39, 0.29) is 42.1 Å². The summed E-state index contributed by atoms with van der Waals surface area (Å²) in [5.41, 5.74) is 0. The minimum absolute atomic E-state index is 0.0432. The molecule has 0 N–H and O–H groups in total. The van der Waals surface area contributed by atoms with Crippen molar-refractivity contribution in [3.05, 3.63) is 0 Å². The second-order valence-corrected chi connectivity index (χ2v) is 42.8. The van der Waals surface area contributed by atoms with Gasteiger partial charge >= 0.3 is 11.9 Å². The number of ether oxygens (including phenoxy) is 3. The van der Waals surface area contributed by atoms with Gasteiger partial charge in [-0.2, -0.15) is 0 Å². The summed E-state index contributed by atoms with van der Waals surface area (Å²) in [5, 5.41) is 0. The number of carbonyl (C=O) groups excluding carboxylic acids is 2. The van der Waals surface area contributed by atoms with Gasteiger partial charge in [-0.15, -0.1) is 0 Å². The van der Waals surface area contributed by atoms with Gasteiger partial charge in [-0.1, -0.05) is 572 Å². The van der Waals surface area contributed by atoms with E-state index in [0.717, 1.165) is 76.0 Å². The van der Waals surface area contributed by atoms with Crippen LogP contribution in [0.4, 0.5) is 0 Å². The molecule has 0 unspecified atom stereocenters. The van der Waals surface area contributed by atoms with Crippen molar-refractivity contribution in [3.63, 3.8) is 0 Å². The Labute approximate surface area is 764 Å². The zero-order valence-corrected chi connectivity index (χ0v) is 86.2. The molecule has 724 valence electrons. The first-order valence-corrected chi connectivity index (χ1v) is 57.0. The van der Waals surface area contributed by atoms with E-state index in [2.05, 4.69) is 90.0 Å². The summed E-state index contributed by atoms with van der Waals surface area (Å²) in [7, 11) is 1.85. The number of hydrogen-bond donors (Lipinski definition) is 0. The average molecular weight is 1710 g/mol. The van der Waals surface area contributed by atoms with Crippen LogP contribution in [-0.2, 0) is 23.8 Å². The molecule has 5 heteroatoms. The maximum absolute atomic E-state index is 14.5. The van der Waals surface area contributed by atoms with Crippen LogP contribution >= 0.6 is 0 Å². The molecule has 121 heavy (non-hydrogen) atoms. The van der Waals surface area contributed by atoms with Crippen LogP contribution in [0.15, 0.2) is 0 Å². The maximum Gasteiger partial charge on any atom is 0.308 e. The summed E-state index contributed by atoms with van der Waals surface area (Å²) >= 11 is 0. The van der Waals surface area contributed by atoms with Gasteiger partial charge in [0.2, 0.25) is 0 Å². The van der Waals surface area contributed by atoms with Crippen molar-refractivity contribution in [2.45, 2.75) is 673 Å².